The molecule has 25 heavy (non-hydrogen) atoms. The van der Waals surface area contributed by atoms with Crippen LogP contribution in [0.5, 0.6) is 5.75 Å². The smallest absolute Gasteiger partial charge is 0.305 e. The van der Waals surface area contributed by atoms with Crippen molar-refractivity contribution < 1.29 is 27.9 Å². The van der Waals surface area contributed by atoms with Crippen LogP contribution in [0.2, 0.25) is 0 Å². The summed E-state index contributed by atoms with van der Waals surface area (Å²) in [6.07, 6.45) is 0.992. The molecule has 1 amide bonds. The Labute approximate surface area is 146 Å². The first-order chi connectivity index (χ1) is 11.8. The molecule has 1 unspecified atom stereocenters. The first-order valence-electron chi connectivity index (χ1n) is 7.98. The second kappa shape index (κ2) is 8.30. The van der Waals surface area contributed by atoms with Gasteiger partial charge in [0.15, 0.2) is 0 Å². The van der Waals surface area contributed by atoms with Gasteiger partial charge in [-0.25, -0.2) is 8.42 Å². The highest BCUT2D eigenvalue weighted by Crippen LogP contribution is 2.25. The number of benzene rings is 1. The van der Waals surface area contributed by atoms with E-state index in [9.17, 15) is 18.0 Å². The number of carbonyl (C=O) groups is 2. The van der Waals surface area contributed by atoms with Gasteiger partial charge in [-0.2, -0.15) is 4.31 Å². The molecule has 0 spiro atoms. The number of carbonyl (C=O) groups excluding carboxylic acids is 1. The first kappa shape index (κ1) is 19.2. The fraction of sp³-hybridized carbons (Fsp3) is 0.500. The molecule has 0 aliphatic carbocycles. The van der Waals surface area contributed by atoms with Gasteiger partial charge in [-0.05, 0) is 37.1 Å². The van der Waals surface area contributed by atoms with Gasteiger partial charge in [-0.1, -0.05) is 0 Å². The van der Waals surface area contributed by atoms with E-state index in [1.54, 1.807) is 12.1 Å². The van der Waals surface area contributed by atoms with Crippen molar-refractivity contribution in [3.05, 3.63) is 24.3 Å². The van der Waals surface area contributed by atoms with Crippen LogP contribution in [0, 0.1) is 5.92 Å². The van der Waals surface area contributed by atoms with E-state index in [0.29, 0.717) is 25.1 Å². The predicted octanol–water partition coefficient (Wildman–Crippen LogP) is 0.687. The van der Waals surface area contributed by atoms with Crippen LogP contribution in [0.3, 0.4) is 0 Å². The van der Waals surface area contributed by atoms with Gasteiger partial charge >= 0.3 is 5.97 Å². The average molecular weight is 370 g/mol. The fourth-order valence-corrected chi connectivity index (χ4v) is 4.23. The standard InChI is InChI=1S/C16H22N2O6S/c1-24-13-4-6-14(7-5-13)25(22,23)18-10-2-3-12(11-18)16(21)17-9-8-15(19)20/h4-7,12H,2-3,8-11H2,1H3,(H,17,21)(H,19,20). The Morgan fingerprint density at radius 3 is 2.60 bits per heavy atom. The normalized spacial score (nSPS) is 18.5. The van der Waals surface area contributed by atoms with Gasteiger partial charge in [0.1, 0.15) is 5.75 Å². The average Bonchev–Trinajstić information content (AvgIpc) is 2.61. The number of ether oxygens (including phenoxy) is 1. The van der Waals surface area contributed by atoms with Crippen molar-refractivity contribution in [2.75, 3.05) is 26.7 Å². The zero-order valence-corrected chi connectivity index (χ0v) is 14.8. The molecule has 0 aromatic heterocycles. The van der Waals surface area contributed by atoms with Gasteiger partial charge in [0.05, 0.1) is 24.3 Å². The van der Waals surface area contributed by atoms with E-state index < -0.39 is 21.9 Å². The summed E-state index contributed by atoms with van der Waals surface area (Å²) in [7, 11) is -2.18. The molecule has 1 aromatic rings. The summed E-state index contributed by atoms with van der Waals surface area (Å²) in [6.45, 7) is 0.483. The van der Waals surface area contributed by atoms with Crippen LogP contribution in [0.15, 0.2) is 29.2 Å². The topological polar surface area (TPSA) is 113 Å². The van der Waals surface area contributed by atoms with Crippen molar-refractivity contribution in [3.8, 4) is 5.75 Å². The van der Waals surface area contributed by atoms with Crippen LogP contribution in [0.4, 0.5) is 0 Å². The molecule has 1 saturated heterocycles. The highest BCUT2D eigenvalue weighted by molar-refractivity contribution is 7.89. The number of nitrogens with one attached hydrogen (secondary N) is 1. The third-order valence-corrected chi connectivity index (χ3v) is 5.97. The molecule has 2 N–H and O–H groups in total. The molecule has 0 bridgehead atoms. The van der Waals surface area contributed by atoms with E-state index in [4.69, 9.17) is 9.84 Å². The Kier molecular flexibility index (Phi) is 6.38. The summed E-state index contributed by atoms with van der Waals surface area (Å²) in [4.78, 5) is 22.8. The van der Waals surface area contributed by atoms with Crippen molar-refractivity contribution in [1.29, 1.82) is 0 Å². The second-order valence-corrected chi connectivity index (χ2v) is 7.75. The molecular weight excluding hydrogens is 348 g/mol. The SMILES string of the molecule is COc1ccc(S(=O)(=O)N2CCCC(C(=O)NCCC(=O)O)C2)cc1. The van der Waals surface area contributed by atoms with E-state index in [1.165, 1.54) is 23.5 Å². The molecule has 1 heterocycles. The number of methoxy groups -OCH3 is 1. The van der Waals surface area contributed by atoms with Gasteiger partial charge < -0.3 is 15.2 Å². The number of hydrogen-bond acceptors (Lipinski definition) is 5. The fourth-order valence-electron chi connectivity index (χ4n) is 2.71. The minimum absolute atomic E-state index is 0.0376. The lowest BCUT2D eigenvalue weighted by molar-refractivity contribution is -0.137. The van der Waals surface area contributed by atoms with Crippen molar-refractivity contribution in [2.24, 2.45) is 5.92 Å². The summed E-state index contributed by atoms with van der Waals surface area (Å²) < 4.78 is 31.8. The Bertz CT molecular complexity index is 717. The maximum absolute atomic E-state index is 12.7. The molecule has 9 heteroatoms. The number of hydrogen-bond donors (Lipinski definition) is 2. The molecule has 1 aromatic carbocycles. The van der Waals surface area contributed by atoms with Crippen LogP contribution < -0.4 is 10.1 Å². The monoisotopic (exact) mass is 370 g/mol. The summed E-state index contributed by atoms with van der Waals surface area (Å²) in [5.41, 5.74) is 0. The quantitative estimate of drug-likeness (QED) is 0.730. The number of carboxylic acids is 1. The Balaban J connectivity index is 2.03. The van der Waals surface area contributed by atoms with E-state index in [1.807, 2.05) is 0 Å². The Hall–Kier alpha value is -2.13. The lowest BCUT2D eigenvalue weighted by atomic mass is 9.99. The number of carboxylic acid groups (broad SMARTS) is 1. The Morgan fingerprint density at radius 2 is 2.00 bits per heavy atom. The van der Waals surface area contributed by atoms with Crippen molar-refractivity contribution in [1.82, 2.24) is 9.62 Å². The zero-order valence-electron chi connectivity index (χ0n) is 14.0. The highest BCUT2D eigenvalue weighted by Gasteiger charge is 2.33. The molecule has 1 aliphatic rings. The summed E-state index contributed by atoms with van der Waals surface area (Å²) in [5.74, 6) is -1.22. The summed E-state index contributed by atoms with van der Waals surface area (Å²) >= 11 is 0. The number of piperidine rings is 1. The number of aliphatic carboxylic acids is 1. The zero-order chi connectivity index (χ0) is 18.4. The Morgan fingerprint density at radius 1 is 1.32 bits per heavy atom. The molecular formula is C16H22N2O6S. The molecule has 1 atom stereocenters. The van der Waals surface area contributed by atoms with Gasteiger partial charge in [0.25, 0.3) is 0 Å². The maximum Gasteiger partial charge on any atom is 0.305 e. The molecule has 1 aliphatic heterocycles. The van der Waals surface area contributed by atoms with E-state index >= 15 is 0 Å². The van der Waals surface area contributed by atoms with Crippen molar-refractivity contribution >= 4 is 21.9 Å². The number of rotatable bonds is 7. The lowest BCUT2D eigenvalue weighted by Crippen LogP contribution is -2.45. The number of nitrogens with zero attached hydrogens (tertiary/aromatic N) is 1. The van der Waals surface area contributed by atoms with Crippen LogP contribution in [-0.4, -0.2) is 56.5 Å². The predicted molar refractivity (Wildman–Crippen MR) is 89.7 cm³/mol. The largest absolute Gasteiger partial charge is 0.497 e. The molecule has 2 rings (SSSR count). The molecule has 0 saturated carbocycles. The van der Waals surface area contributed by atoms with Crippen molar-refractivity contribution in [2.45, 2.75) is 24.2 Å². The van der Waals surface area contributed by atoms with Crippen LogP contribution in [-0.2, 0) is 19.6 Å². The molecule has 8 nitrogen and oxygen atoms in total. The van der Waals surface area contributed by atoms with E-state index in [0.717, 1.165) is 0 Å². The minimum atomic E-state index is -3.68. The molecule has 138 valence electrons. The second-order valence-electron chi connectivity index (χ2n) is 5.81. The van der Waals surface area contributed by atoms with Gasteiger partial charge in [0, 0.05) is 19.6 Å². The third kappa shape index (κ3) is 4.93. The van der Waals surface area contributed by atoms with Crippen LogP contribution >= 0.6 is 0 Å². The van der Waals surface area contributed by atoms with Crippen molar-refractivity contribution in [3.63, 3.8) is 0 Å². The summed E-state index contributed by atoms with van der Waals surface area (Å²) in [6, 6.07) is 6.11. The van der Waals surface area contributed by atoms with Gasteiger partial charge in [-0.15, -0.1) is 0 Å². The highest BCUT2D eigenvalue weighted by atomic mass is 32.2. The van der Waals surface area contributed by atoms with Crippen LogP contribution in [0.25, 0.3) is 0 Å². The molecule has 1 fully saturated rings. The van der Waals surface area contributed by atoms with E-state index in [-0.39, 0.29) is 30.3 Å². The molecule has 0 radical (unpaired) electrons. The third-order valence-electron chi connectivity index (χ3n) is 4.09. The number of amides is 1. The first-order valence-corrected chi connectivity index (χ1v) is 9.42. The van der Waals surface area contributed by atoms with E-state index in [2.05, 4.69) is 5.32 Å². The van der Waals surface area contributed by atoms with Gasteiger partial charge in [-0.3, -0.25) is 9.59 Å². The summed E-state index contributed by atoms with van der Waals surface area (Å²) in [5, 5.41) is 11.2. The number of sulfonamides is 1. The lowest BCUT2D eigenvalue weighted by Gasteiger charge is -2.31. The van der Waals surface area contributed by atoms with Gasteiger partial charge in [0.2, 0.25) is 15.9 Å². The maximum atomic E-state index is 12.7. The minimum Gasteiger partial charge on any atom is -0.497 e. The van der Waals surface area contributed by atoms with Crippen LogP contribution in [0.1, 0.15) is 19.3 Å².